The van der Waals surface area contributed by atoms with Crippen molar-refractivity contribution < 1.29 is 27.1 Å². The van der Waals surface area contributed by atoms with E-state index >= 15 is 0 Å². The van der Waals surface area contributed by atoms with Gasteiger partial charge in [0.25, 0.3) is 0 Å². The first kappa shape index (κ1) is 16.7. The number of alkyl halides is 3. The number of hydrogen-bond acceptors (Lipinski definition) is 3. The predicted molar refractivity (Wildman–Crippen MR) is 79.1 cm³/mol. The number of anilines is 1. The highest BCUT2D eigenvalue weighted by atomic mass is 19.4. The Bertz CT molecular complexity index is 687. The van der Waals surface area contributed by atoms with Crippen molar-refractivity contribution in [1.29, 1.82) is 0 Å². The minimum Gasteiger partial charge on any atom is -0.484 e. The second-order valence-electron chi connectivity index (χ2n) is 4.70. The summed E-state index contributed by atoms with van der Waals surface area (Å²) < 4.78 is 45.9. The molecule has 1 amide bonds. The Hall–Kier alpha value is -2.70. The van der Waals surface area contributed by atoms with E-state index in [9.17, 15) is 18.0 Å². The lowest BCUT2D eigenvalue weighted by Gasteiger charge is -2.09. The first-order chi connectivity index (χ1) is 10.8. The Balaban J connectivity index is 1.87. The van der Waals surface area contributed by atoms with Gasteiger partial charge in [0.05, 0.1) is 0 Å². The molecule has 0 fully saturated rings. The number of amides is 1. The van der Waals surface area contributed by atoms with Gasteiger partial charge in [0.2, 0.25) is 5.91 Å². The van der Waals surface area contributed by atoms with Crippen LogP contribution in [0.4, 0.5) is 18.9 Å². The van der Waals surface area contributed by atoms with Crippen molar-refractivity contribution in [3.63, 3.8) is 0 Å². The second kappa shape index (κ2) is 7.04. The van der Waals surface area contributed by atoms with Gasteiger partial charge in [-0.2, -0.15) is 13.2 Å². The van der Waals surface area contributed by atoms with Crippen LogP contribution in [0.25, 0.3) is 6.08 Å². The largest absolute Gasteiger partial charge is 0.484 e. The monoisotopic (exact) mass is 325 g/mol. The molecule has 122 valence electrons. The van der Waals surface area contributed by atoms with Gasteiger partial charge in [-0.1, -0.05) is 0 Å². The molecule has 1 aromatic carbocycles. The van der Waals surface area contributed by atoms with Crippen molar-refractivity contribution in [3.05, 3.63) is 54.0 Å². The summed E-state index contributed by atoms with van der Waals surface area (Å²) in [5, 5.41) is 2.57. The highest BCUT2D eigenvalue weighted by Gasteiger charge is 2.28. The number of furan rings is 1. The maximum Gasteiger partial charge on any atom is 0.422 e. The van der Waals surface area contributed by atoms with Crippen LogP contribution in [0.3, 0.4) is 0 Å². The molecule has 2 rings (SSSR count). The lowest BCUT2D eigenvalue weighted by molar-refractivity contribution is -0.153. The van der Waals surface area contributed by atoms with E-state index in [-0.39, 0.29) is 11.7 Å². The van der Waals surface area contributed by atoms with Gasteiger partial charge in [-0.05, 0) is 49.4 Å². The van der Waals surface area contributed by atoms with Crippen molar-refractivity contribution in [2.45, 2.75) is 13.1 Å². The van der Waals surface area contributed by atoms with Crippen molar-refractivity contribution in [2.24, 2.45) is 0 Å². The van der Waals surface area contributed by atoms with E-state index in [1.165, 1.54) is 36.4 Å². The van der Waals surface area contributed by atoms with Crippen LogP contribution in [0, 0.1) is 6.92 Å². The molecule has 0 aliphatic heterocycles. The Morgan fingerprint density at radius 2 is 1.91 bits per heavy atom. The smallest absolute Gasteiger partial charge is 0.422 e. The number of halogens is 3. The van der Waals surface area contributed by atoms with Crippen LogP contribution in [0.2, 0.25) is 0 Å². The third-order valence-corrected chi connectivity index (χ3v) is 2.68. The molecule has 0 saturated heterocycles. The average Bonchev–Trinajstić information content (AvgIpc) is 2.89. The zero-order chi connectivity index (χ0) is 16.9. The molecule has 0 aliphatic rings. The molecule has 1 aromatic heterocycles. The fourth-order valence-corrected chi connectivity index (χ4v) is 1.68. The summed E-state index contributed by atoms with van der Waals surface area (Å²) in [5.74, 6) is 0.970. The lowest BCUT2D eigenvalue weighted by Crippen LogP contribution is -2.19. The van der Waals surface area contributed by atoms with Crippen LogP contribution in [0.15, 0.2) is 46.9 Å². The van der Waals surface area contributed by atoms with E-state index in [1.54, 1.807) is 19.1 Å². The molecule has 7 heteroatoms. The van der Waals surface area contributed by atoms with Gasteiger partial charge in [-0.25, -0.2) is 0 Å². The van der Waals surface area contributed by atoms with Crippen LogP contribution in [0.1, 0.15) is 11.5 Å². The molecule has 0 aliphatic carbocycles. The Kier molecular flexibility index (Phi) is 5.10. The fraction of sp³-hybridized carbons (Fsp3) is 0.188. The number of carbonyl (C=O) groups is 1. The number of aryl methyl sites for hydroxylation is 1. The van der Waals surface area contributed by atoms with Crippen LogP contribution in [-0.2, 0) is 4.79 Å². The van der Waals surface area contributed by atoms with Gasteiger partial charge < -0.3 is 14.5 Å². The first-order valence-electron chi connectivity index (χ1n) is 6.67. The number of carbonyl (C=O) groups excluding carboxylic acids is 1. The Morgan fingerprint density at radius 1 is 1.22 bits per heavy atom. The summed E-state index contributed by atoms with van der Waals surface area (Å²) in [6.45, 7) is 0.434. The maximum atomic E-state index is 12.0. The maximum absolute atomic E-state index is 12.0. The summed E-state index contributed by atoms with van der Waals surface area (Å²) in [4.78, 5) is 11.7. The molecule has 0 saturated carbocycles. The molecule has 1 heterocycles. The standard InChI is InChI=1S/C16H14F3NO3/c1-11-2-5-14(23-11)8-9-15(21)20-12-3-6-13(7-4-12)22-10-16(17,18)19/h2-9H,10H2,1H3,(H,20,21)/b9-8+. The normalized spacial score (nSPS) is 11.7. The first-order valence-corrected chi connectivity index (χ1v) is 6.67. The lowest BCUT2D eigenvalue weighted by atomic mass is 10.3. The predicted octanol–water partition coefficient (Wildman–Crippen LogP) is 4.18. The molecule has 2 aromatic rings. The average molecular weight is 325 g/mol. The highest BCUT2D eigenvalue weighted by Crippen LogP contribution is 2.20. The molecule has 0 atom stereocenters. The van der Waals surface area contributed by atoms with Crippen molar-refractivity contribution in [3.8, 4) is 5.75 Å². The third-order valence-electron chi connectivity index (χ3n) is 2.68. The van der Waals surface area contributed by atoms with Gasteiger partial charge in [0.1, 0.15) is 17.3 Å². The van der Waals surface area contributed by atoms with Gasteiger partial charge in [-0.15, -0.1) is 0 Å². The Morgan fingerprint density at radius 3 is 2.48 bits per heavy atom. The number of benzene rings is 1. The van der Waals surface area contributed by atoms with E-state index in [1.807, 2.05) is 0 Å². The van der Waals surface area contributed by atoms with Crippen LogP contribution >= 0.6 is 0 Å². The molecular formula is C16H14F3NO3. The minimum absolute atomic E-state index is 0.0712. The molecule has 4 nitrogen and oxygen atoms in total. The molecule has 1 N–H and O–H groups in total. The van der Waals surface area contributed by atoms with Gasteiger partial charge in [0.15, 0.2) is 6.61 Å². The SMILES string of the molecule is Cc1ccc(/C=C/C(=O)Nc2ccc(OCC(F)(F)F)cc2)o1. The van der Waals surface area contributed by atoms with Crippen molar-refractivity contribution in [2.75, 3.05) is 11.9 Å². The number of rotatable bonds is 5. The zero-order valence-corrected chi connectivity index (χ0v) is 12.2. The van der Waals surface area contributed by atoms with Crippen LogP contribution < -0.4 is 10.1 Å². The van der Waals surface area contributed by atoms with Crippen molar-refractivity contribution in [1.82, 2.24) is 0 Å². The van der Waals surface area contributed by atoms with Crippen LogP contribution in [-0.4, -0.2) is 18.7 Å². The van der Waals surface area contributed by atoms with E-state index < -0.39 is 12.8 Å². The van der Waals surface area contributed by atoms with Crippen molar-refractivity contribution >= 4 is 17.7 Å². The van der Waals surface area contributed by atoms with Gasteiger partial charge in [-0.3, -0.25) is 4.79 Å². The Labute approximate surface area is 130 Å². The van der Waals surface area contributed by atoms with E-state index in [0.717, 1.165) is 5.76 Å². The van der Waals surface area contributed by atoms with Gasteiger partial charge >= 0.3 is 6.18 Å². The highest BCUT2D eigenvalue weighted by molar-refractivity contribution is 6.01. The summed E-state index contributed by atoms with van der Waals surface area (Å²) in [5.41, 5.74) is 0.439. The zero-order valence-electron chi connectivity index (χ0n) is 12.2. The topological polar surface area (TPSA) is 51.5 Å². The molecule has 0 radical (unpaired) electrons. The molecule has 0 bridgehead atoms. The van der Waals surface area contributed by atoms with Crippen LogP contribution in [0.5, 0.6) is 5.75 Å². The molecular weight excluding hydrogens is 311 g/mol. The summed E-state index contributed by atoms with van der Waals surface area (Å²) in [6.07, 6.45) is -1.57. The van der Waals surface area contributed by atoms with Gasteiger partial charge in [0, 0.05) is 11.8 Å². The summed E-state index contributed by atoms with van der Waals surface area (Å²) >= 11 is 0. The number of nitrogens with one attached hydrogen (secondary N) is 1. The molecule has 0 spiro atoms. The minimum atomic E-state index is -4.39. The number of ether oxygens (including phenoxy) is 1. The fourth-order valence-electron chi connectivity index (χ4n) is 1.68. The van der Waals surface area contributed by atoms with E-state index in [4.69, 9.17) is 4.42 Å². The molecule has 23 heavy (non-hydrogen) atoms. The number of hydrogen-bond donors (Lipinski definition) is 1. The van der Waals surface area contributed by atoms with E-state index in [0.29, 0.717) is 11.4 Å². The quantitative estimate of drug-likeness (QED) is 0.839. The molecule has 0 unspecified atom stereocenters. The summed E-state index contributed by atoms with van der Waals surface area (Å²) in [7, 11) is 0. The third kappa shape index (κ3) is 5.90. The summed E-state index contributed by atoms with van der Waals surface area (Å²) in [6, 6.07) is 9.11. The van der Waals surface area contributed by atoms with E-state index in [2.05, 4.69) is 10.1 Å². The second-order valence-corrected chi connectivity index (χ2v) is 4.70.